The zero-order valence-corrected chi connectivity index (χ0v) is 12.0. The quantitative estimate of drug-likeness (QED) is 0.877. The van der Waals surface area contributed by atoms with Gasteiger partial charge in [0.2, 0.25) is 0 Å². The Bertz CT molecular complexity index is 479. The Hall–Kier alpha value is -0.360. The lowest BCUT2D eigenvalue weighted by atomic mass is 10.2. The zero-order chi connectivity index (χ0) is 11.5. The van der Waals surface area contributed by atoms with E-state index in [9.17, 15) is 0 Å². The van der Waals surface area contributed by atoms with Crippen LogP contribution in [0.3, 0.4) is 0 Å². The van der Waals surface area contributed by atoms with Crippen molar-refractivity contribution in [1.29, 1.82) is 0 Å². The highest BCUT2D eigenvalue weighted by Crippen LogP contribution is 2.34. The predicted octanol–water partition coefficient (Wildman–Crippen LogP) is 3.75. The summed E-state index contributed by atoms with van der Waals surface area (Å²) in [7, 11) is 0. The lowest BCUT2D eigenvalue weighted by Gasteiger charge is -1.99. The molecule has 2 N–H and O–H groups in total. The minimum Gasteiger partial charge on any atom is -0.325 e. The number of hydrogen-bond acceptors (Lipinski definition) is 4. The molecule has 0 saturated heterocycles. The van der Waals surface area contributed by atoms with E-state index in [1.54, 1.807) is 23.1 Å². The van der Waals surface area contributed by atoms with Gasteiger partial charge in [0.25, 0.3) is 0 Å². The first-order valence-electron chi connectivity index (χ1n) is 4.74. The van der Waals surface area contributed by atoms with E-state index in [-0.39, 0.29) is 0 Å². The molecule has 0 unspecified atom stereocenters. The number of hydrogen-bond donors (Lipinski definition) is 1. The molecule has 1 aromatic carbocycles. The Labute approximate surface area is 111 Å². The summed E-state index contributed by atoms with van der Waals surface area (Å²) in [6.45, 7) is 0.492. The van der Waals surface area contributed by atoms with E-state index >= 15 is 0 Å². The normalized spacial score (nSPS) is 10.7. The van der Waals surface area contributed by atoms with E-state index in [2.05, 4.69) is 51.4 Å². The summed E-state index contributed by atoms with van der Waals surface area (Å²) in [6, 6.07) is 8.47. The lowest BCUT2D eigenvalue weighted by Crippen LogP contribution is -1.93. The molecular formula is C11H11BrN2S2. The van der Waals surface area contributed by atoms with Gasteiger partial charge in [-0.1, -0.05) is 12.1 Å². The van der Waals surface area contributed by atoms with E-state index < -0.39 is 0 Å². The van der Waals surface area contributed by atoms with Crippen molar-refractivity contribution in [2.75, 3.05) is 6.26 Å². The van der Waals surface area contributed by atoms with Crippen LogP contribution in [-0.2, 0) is 6.54 Å². The number of rotatable bonds is 3. The third kappa shape index (κ3) is 2.48. The van der Waals surface area contributed by atoms with E-state index in [0.717, 1.165) is 14.5 Å². The Kier molecular flexibility index (Phi) is 4.02. The van der Waals surface area contributed by atoms with E-state index in [4.69, 9.17) is 5.73 Å². The van der Waals surface area contributed by atoms with Gasteiger partial charge in [-0.2, -0.15) is 0 Å². The van der Waals surface area contributed by atoms with Gasteiger partial charge < -0.3 is 5.73 Å². The highest BCUT2D eigenvalue weighted by molar-refractivity contribution is 9.10. The maximum atomic E-state index is 5.58. The molecule has 2 aromatic rings. The van der Waals surface area contributed by atoms with Crippen LogP contribution in [0.4, 0.5) is 0 Å². The van der Waals surface area contributed by atoms with Gasteiger partial charge in [0.1, 0.15) is 9.61 Å². The standard InChI is InChI=1S/C11H11BrN2S2/c1-15-8-4-2-7(3-5-8)10-11(12)14-9(6-13)16-10/h2-5H,6,13H2,1H3. The van der Waals surface area contributed by atoms with E-state index in [1.165, 1.54) is 10.5 Å². The van der Waals surface area contributed by atoms with Crippen LogP contribution in [0.1, 0.15) is 5.01 Å². The number of aromatic nitrogens is 1. The fraction of sp³-hybridized carbons (Fsp3) is 0.182. The molecule has 84 valence electrons. The first-order valence-corrected chi connectivity index (χ1v) is 7.57. The molecule has 0 spiro atoms. The molecule has 16 heavy (non-hydrogen) atoms. The first-order chi connectivity index (χ1) is 7.74. The van der Waals surface area contributed by atoms with Crippen molar-refractivity contribution in [3.63, 3.8) is 0 Å². The summed E-state index contributed by atoms with van der Waals surface area (Å²) in [6.07, 6.45) is 2.07. The number of thiazole rings is 1. The van der Waals surface area contributed by atoms with Crippen LogP contribution < -0.4 is 5.73 Å². The molecule has 0 fully saturated rings. The van der Waals surface area contributed by atoms with Crippen molar-refractivity contribution in [2.45, 2.75) is 11.4 Å². The van der Waals surface area contributed by atoms with Crippen LogP contribution in [0.2, 0.25) is 0 Å². The average Bonchev–Trinajstić information content (AvgIpc) is 2.71. The minimum absolute atomic E-state index is 0.492. The predicted molar refractivity (Wildman–Crippen MR) is 74.9 cm³/mol. The fourth-order valence-corrected chi connectivity index (χ4v) is 3.40. The van der Waals surface area contributed by atoms with Crippen molar-refractivity contribution < 1.29 is 0 Å². The second-order valence-corrected chi connectivity index (χ2v) is 5.87. The highest BCUT2D eigenvalue weighted by atomic mass is 79.9. The summed E-state index contributed by atoms with van der Waals surface area (Å²) in [5.74, 6) is 0. The molecule has 1 aromatic heterocycles. The van der Waals surface area contributed by atoms with Crippen LogP contribution in [0, 0.1) is 0 Å². The Balaban J connectivity index is 2.38. The second-order valence-electron chi connectivity index (χ2n) is 3.16. The molecule has 2 nitrogen and oxygen atoms in total. The summed E-state index contributed by atoms with van der Waals surface area (Å²) in [4.78, 5) is 6.77. The third-order valence-electron chi connectivity index (χ3n) is 2.16. The Morgan fingerprint density at radius 2 is 2.06 bits per heavy atom. The van der Waals surface area contributed by atoms with Crippen LogP contribution >= 0.6 is 39.0 Å². The SMILES string of the molecule is CSc1ccc(-c2sc(CN)nc2Br)cc1. The number of nitrogens with zero attached hydrogens (tertiary/aromatic N) is 1. The molecule has 0 amide bonds. The van der Waals surface area contributed by atoms with Gasteiger partial charge >= 0.3 is 0 Å². The highest BCUT2D eigenvalue weighted by Gasteiger charge is 2.09. The van der Waals surface area contributed by atoms with Crippen LogP contribution in [-0.4, -0.2) is 11.2 Å². The van der Waals surface area contributed by atoms with Crippen LogP contribution in [0.5, 0.6) is 0 Å². The summed E-state index contributed by atoms with van der Waals surface area (Å²) in [5, 5.41) is 0.954. The van der Waals surface area contributed by atoms with Crippen molar-refractivity contribution in [1.82, 2.24) is 4.98 Å². The fourth-order valence-electron chi connectivity index (χ4n) is 1.35. The third-order valence-corrected chi connectivity index (χ3v) is 4.86. The lowest BCUT2D eigenvalue weighted by molar-refractivity contribution is 1.03. The molecule has 2 rings (SSSR count). The number of benzene rings is 1. The maximum absolute atomic E-state index is 5.58. The largest absolute Gasteiger partial charge is 0.325 e. The molecule has 0 radical (unpaired) electrons. The molecule has 0 aliphatic heterocycles. The van der Waals surface area contributed by atoms with Crippen LogP contribution in [0.15, 0.2) is 33.8 Å². The van der Waals surface area contributed by atoms with Gasteiger partial charge in [0.15, 0.2) is 0 Å². The minimum atomic E-state index is 0.492. The monoisotopic (exact) mass is 314 g/mol. The smallest absolute Gasteiger partial charge is 0.125 e. The number of nitrogens with two attached hydrogens (primary N) is 1. The average molecular weight is 315 g/mol. The topological polar surface area (TPSA) is 38.9 Å². The zero-order valence-electron chi connectivity index (χ0n) is 8.74. The molecule has 0 aliphatic carbocycles. The molecule has 0 aliphatic rings. The van der Waals surface area contributed by atoms with Crippen molar-refractivity contribution in [3.05, 3.63) is 33.9 Å². The summed E-state index contributed by atoms with van der Waals surface area (Å²) >= 11 is 6.85. The maximum Gasteiger partial charge on any atom is 0.125 e. The first kappa shape index (κ1) is 12.1. The molecule has 0 bridgehead atoms. The van der Waals surface area contributed by atoms with Gasteiger partial charge in [-0.05, 0) is 39.9 Å². The Morgan fingerprint density at radius 3 is 2.56 bits per heavy atom. The molecule has 5 heteroatoms. The molecule has 0 atom stereocenters. The Morgan fingerprint density at radius 1 is 1.38 bits per heavy atom. The summed E-state index contributed by atoms with van der Waals surface area (Å²) < 4.78 is 0.884. The molecule has 0 saturated carbocycles. The molecule has 1 heterocycles. The van der Waals surface area contributed by atoms with Gasteiger partial charge in [0, 0.05) is 11.4 Å². The van der Waals surface area contributed by atoms with Crippen molar-refractivity contribution >= 4 is 39.0 Å². The van der Waals surface area contributed by atoms with Gasteiger partial charge in [-0.25, -0.2) is 4.98 Å². The number of halogens is 1. The number of thioether (sulfide) groups is 1. The van der Waals surface area contributed by atoms with Crippen LogP contribution in [0.25, 0.3) is 10.4 Å². The molecular weight excluding hydrogens is 304 g/mol. The van der Waals surface area contributed by atoms with Gasteiger partial charge in [0.05, 0.1) is 4.88 Å². The van der Waals surface area contributed by atoms with E-state index in [0.29, 0.717) is 6.54 Å². The van der Waals surface area contributed by atoms with Gasteiger partial charge in [-0.3, -0.25) is 0 Å². The van der Waals surface area contributed by atoms with Gasteiger partial charge in [-0.15, -0.1) is 23.1 Å². The summed E-state index contributed by atoms with van der Waals surface area (Å²) in [5.41, 5.74) is 6.76. The van der Waals surface area contributed by atoms with Crippen molar-refractivity contribution in [2.24, 2.45) is 5.73 Å². The van der Waals surface area contributed by atoms with E-state index in [1.807, 2.05) is 0 Å². The van der Waals surface area contributed by atoms with Crippen molar-refractivity contribution in [3.8, 4) is 10.4 Å². The second kappa shape index (κ2) is 5.31.